The molecule has 1 N–H and O–H groups in total. The third kappa shape index (κ3) is 5.21. The quantitative estimate of drug-likeness (QED) is 0.269. The van der Waals surface area contributed by atoms with Crippen LogP contribution in [0.2, 0.25) is 0 Å². The van der Waals surface area contributed by atoms with Crippen molar-refractivity contribution < 1.29 is 31.5 Å². The summed E-state index contributed by atoms with van der Waals surface area (Å²) in [5, 5.41) is 13.4. The van der Waals surface area contributed by atoms with Crippen molar-refractivity contribution in [2.75, 3.05) is 5.32 Å². The molecule has 0 aliphatic rings. The van der Waals surface area contributed by atoms with Gasteiger partial charge in [0.2, 0.25) is 6.54 Å². The number of halogens is 1. The summed E-state index contributed by atoms with van der Waals surface area (Å²) in [6, 6.07) is 18.0. The maximum atomic E-state index is 12.4. The Morgan fingerprint density at radius 1 is 0.929 bits per heavy atom. The van der Waals surface area contributed by atoms with Gasteiger partial charge >= 0.3 is 0 Å². The fourth-order valence-corrected chi connectivity index (χ4v) is 2.53. The monoisotopic (exact) mass is 397 g/mol. The number of anilines is 1. The number of amides is 1. The average Bonchev–Trinajstić information content (AvgIpc) is 2.69. The molecule has 1 heterocycles. The van der Waals surface area contributed by atoms with Gasteiger partial charge in [-0.3, -0.25) is 19.7 Å². The Balaban J connectivity index is 0.00000280. The van der Waals surface area contributed by atoms with E-state index in [0.29, 0.717) is 16.8 Å². The molecule has 1 aromatic heterocycles. The number of ketones is 1. The molecule has 7 nitrogen and oxygen atoms in total. The summed E-state index contributed by atoms with van der Waals surface area (Å²) in [5.74, 6) is -0.425. The lowest BCUT2D eigenvalue weighted by molar-refractivity contribution is -0.684. The van der Waals surface area contributed by atoms with Gasteiger partial charge in [-0.25, -0.2) is 0 Å². The highest BCUT2D eigenvalue weighted by Crippen LogP contribution is 2.16. The van der Waals surface area contributed by atoms with Crippen LogP contribution in [0.15, 0.2) is 79.1 Å². The number of hydrogen-bond acceptors (Lipinski definition) is 4. The van der Waals surface area contributed by atoms with E-state index in [-0.39, 0.29) is 36.3 Å². The van der Waals surface area contributed by atoms with Crippen molar-refractivity contribution in [2.24, 2.45) is 0 Å². The van der Waals surface area contributed by atoms with Crippen molar-refractivity contribution >= 4 is 23.1 Å². The van der Waals surface area contributed by atoms with Crippen molar-refractivity contribution in [3.8, 4) is 0 Å². The van der Waals surface area contributed by atoms with Gasteiger partial charge in [0.1, 0.15) is 0 Å². The number of aromatic nitrogens is 1. The minimum atomic E-state index is -0.521. The van der Waals surface area contributed by atoms with E-state index >= 15 is 0 Å². The largest absolute Gasteiger partial charge is 1.00 e. The van der Waals surface area contributed by atoms with Gasteiger partial charge in [-0.05, 0) is 6.07 Å². The number of benzene rings is 2. The van der Waals surface area contributed by atoms with E-state index in [9.17, 15) is 19.7 Å². The minimum absolute atomic E-state index is 0. The molecule has 3 rings (SSSR count). The number of nitrogens with one attached hydrogen (secondary N) is 1. The Hall–Kier alpha value is -3.58. The zero-order chi connectivity index (χ0) is 19.2. The fraction of sp³-hybridized carbons (Fsp3) is 0.0500. The number of hydrogen-bond donors (Lipinski definition) is 1. The predicted octanol–water partition coefficient (Wildman–Crippen LogP) is -0.244. The topological polar surface area (TPSA) is 93.2 Å². The lowest BCUT2D eigenvalue weighted by Gasteiger charge is -2.04. The summed E-state index contributed by atoms with van der Waals surface area (Å²) in [6.45, 7) is 0.0164. The first-order chi connectivity index (χ1) is 13.0. The van der Waals surface area contributed by atoms with Crippen LogP contribution >= 0.6 is 0 Å². The molecule has 0 spiro atoms. The molecule has 0 bridgehead atoms. The smallest absolute Gasteiger partial charge is 0.290 e. The number of nitro benzene ring substituents is 1. The number of nitrogens with zero attached hydrogens (tertiary/aromatic N) is 2. The number of pyridine rings is 1. The third-order valence-corrected chi connectivity index (χ3v) is 3.86. The van der Waals surface area contributed by atoms with Crippen LogP contribution in [-0.4, -0.2) is 16.6 Å². The van der Waals surface area contributed by atoms with E-state index < -0.39 is 4.92 Å². The SMILES string of the molecule is O=C(C[n+]1ccc(C(=O)c2ccccc2)cc1)Nc1cccc([N+](=O)[O-])c1.[Cl-]. The Kier molecular flexibility index (Phi) is 6.95. The molecule has 0 unspecified atom stereocenters. The molecule has 0 saturated carbocycles. The highest BCUT2D eigenvalue weighted by molar-refractivity contribution is 6.08. The van der Waals surface area contributed by atoms with E-state index in [4.69, 9.17) is 0 Å². The van der Waals surface area contributed by atoms with Gasteiger partial charge in [0.05, 0.1) is 4.92 Å². The predicted molar refractivity (Wildman–Crippen MR) is 98.2 cm³/mol. The zero-order valence-electron chi connectivity index (χ0n) is 14.6. The maximum Gasteiger partial charge on any atom is 0.290 e. The van der Waals surface area contributed by atoms with Crippen molar-refractivity contribution in [3.05, 3.63) is 100 Å². The van der Waals surface area contributed by atoms with Crippen LogP contribution in [0.25, 0.3) is 0 Å². The summed E-state index contributed by atoms with van der Waals surface area (Å²) in [7, 11) is 0. The van der Waals surface area contributed by atoms with E-state index in [1.54, 1.807) is 59.4 Å². The summed E-state index contributed by atoms with van der Waals surface area (Å²) < 4.78 is 1.62. The molecule has 142 valence electrons. The van der Waals surface area contributed by atoms with Gasteiger partial charge in [-0.2, -0.15) is 4.57 Å². The summed E-state index contributed by atoms with van der Waals surface area (Å²) >= 11 is 0. The average molecular weight is 398 g/mol. The van der Waals surface area contributed by atoms with Gasteiger partial charge in [0, 0.05) is 41.1 Å². The van der Waals surface area contributed by atoms with Crippen LogP contribution in [0.1, 0.15) is 15.9 Å². The maximum absolute atomic E-state index is 12.4. The molecule has 0 fully saturated rings. The van der Waals surface area contributed by atoms with E-state index in [1.807, 2.05) is 6.07 Å². The van der Waals surface area contributed by atoms with Crippen LogP contribution in [0.4, 0.5) is 11.4 Å². The Bertz CT molecular complexity index is 992. The first-order valence-electron chi connectivity index (χ1n) is 8.16. The van der Waals surface area contributed by atoms with Crippen LogP contribution in [0, 0.1) is 10.1 Å². The van der Waals surface area contributed by atoms with Crippen LogP contribution < -0.4 is 22.3 Å². The first-order valence-corrected chi connectivity index (χ1v) is 8.16. The molecule has 0 radical (unpaired) electrons. The molecular weight excluding hydrogens is 382 g/mol. The van der Waals surface area contributed by atoms with Gasteiger partial charge in [-0.1, -0.05) is 36.4 Å². The molecule has 0 saturated heterocycles. The Morgan fingerprint density at radius 2 is 1.57 bits per heavy atom. The highest BCUT2D eigenvalue weighted by atomic mass is 35.5. The number of carbonyl (C=O) groups excluding carboxylic acids is 2. The lowest BCUT2D eigenvalue weighted by atomic mass is 10.0. The Morgan fingerprint density at radius 3 is 2.21 bits per heavy atom. The first kappa shape index (κ1) is 20.7. The minimum Gasteiger partial charge on any atom is -1.00 e. The molecule has 0 aliphatic heterocycles. The van der Waals surface area contributed by atoms with Gasteiger partial charge in [0.25, 0.3) is 11.6 Å². The summed E-state index contributed by atoms with van der Waals surface area (Å²) in [4.78, 5) is 34.8. The molecule has 1 amide bonds. The molecule has 0 atom stereocenters. The van der Waals surface area contributed by atoms with E-state index in [2.05, 4.69) is 5.32 Å². The second kappa shape index (κ2) is 9.38. The van der Waals surface area contributed by atoms with Crippen molar-refractivity contribution in [1.29, 1.82) is 0 Å². The molecule has 2 aromatic carbocycles. The summed E-state index contributed by atoms with van der Waals surface area (Å²) in [6.07, 6.45) is 3.28. The van der Waals surface area contributed by atoms with Gasteiger partial charge < -0.3 is 17.7 Å². The molecule has 28 heavy (non-hydrogen) atoms. The zero-order valence-corrected chi connectivity index (χ0v) is 15.4. The van der Waals surface area contributed by atoms with Crippen molar-refractivity contribution in [1.82, 2.24) is 0 Å². The van der Waals surface area contributed by atoms with E-state index in [0.717, 1.165) is 0 Å². The molecule has 0 aliphatic carbocycles. The second-order valence-corrected chi connectivity index (χ2v) is 5.81. The Labute approximate surface area is 167 Å². The number of nitro groups is 1. The van der Waals surface area contributed by atoms with Crippen LogP contribution in [-0.2, 0) is 11.3 Å². The summed E-state index contributed by atoms with van der Waals surface area (Å²) in [5.41, 5.74) is 1.38. The van der Waals surface area contributed by atoms with Crippen molar-refractivity contribution in [3.63, 3.8) is 0 Å². The van der Waals surface area contributed by atoms with Gasteiger partial charge in [-0.15, -0.1) is 0 Å². The van der Waals surface area contributed by atoms with Gasteiger partial charge in [0.15, 0.2) is 18.2 Å². The standard InChI is InChI=1S/C20H15N3O4.ClH/c24-19(21-17-7-4-8-18(13-17)23(26)27)14-22-11-9-16(10-12-22)20(25)15-5-2-1-3-6-15;/h1-13H,14H2;1H. The van der Waals surface area contributed by atoms with Crippen LogP contribution in [0.5, 0.6) is 0 Å². The molecular formula is C20H16ClN3O4. The van der Waals surface area contributed by atoms with Crippen molar-refractivity contribution in [2.45, 2.75) is 6.54 Å². The highest BCUT2D eigenvalue weighted by Gasteiger charge is 2.14. The number of rotatable bonds is 6. The number of carbonyl (C=O) groups is 2. The van der Waals surface area contributed by atoms with E-state index in [1.165, 1.54) is 18.2 Å². The molecule has 8 heteroatoms. The second-order valence-electron chi connectivity index (χ2n) is 5.81. The third-order valence-electron chi connectivity index (χ3n) is 3.86. The fourth-order valence-electron chi connectivity index (χ4n) is 2.53. The normalized spacial score (nSPS) is 9.86. The molecule has 3 aromatic rings. The number of non-ortho nitro benzene ring substituents is 1. The van der Waals surface area contributed by atoms with Crippen LogP contribution in [0.3, 0.4) is 0 Å². The lowest BCUT2D eigenvalue weighted by Crippen LogP contribution is -3.00.